The first-order valence-electron chi connectivity index (χ1n) is 5.95. The number of halogens is 3. The predicted molar refractivity (Wildman–Crippen MR) is 73.3 cm³/mol. The van der Waals surface area contributed by atoms with Crippen molar-refractivity contribution in [2.75, 3.05) is 6.26 Å². The summed E-state index contributed by atoms with van der Waals surface area (Å²) in [5.74, 6) is -1.01. The molecule has 0 aliphatic carbocycles. The van der Waals surface area contributed by atoms with Gasteiger partial charge in [0.15, 0.2) is 9.84 Å². The summed E-state index contributed by atoms with van der Waals surface area (Å²) < 4.78 is 63.0. The topological polar surface area (TPSA) is 63.6 Å². The number of hydrogen-bond donors (Lipinski definition) is 1. The quantitative estimate of drug-likeness (QED) is 0.936. The zero-order chi connectivity index (χ0) is 16.5. The van der Waals surface area contributed by atoms with Crippen LogP contribution in [-0.4, -0.2) is 26.1 Å². The molecule has 0 atom stereocenters. The van der Waals surface area contributed by atoms with E-state index in [-0.39, 0.29) is 10.5 Å². The van der Waals surface area contributed by atoms with Gasteiger partial charge >= 0.3 is 6.36 Å². The van der Waals surface area contributed by atoms with Crippen LogP contribution in [0.25, 0.3) is 11.1 Å². The maximum Gasteiger partial charge on any atom is 0.573 e. The molecule has 0 amide bonds. The van der Waals surface area contributed by atoms with Gasteiger partial charge in [-0.3, -0.25) is 0 Å². The molecule has 0 aliphatic rings. The van der Waals surface area contributed by atoms with E-state index >= 15 is 0 Å². The summed E-state index contributed by atoms with van der Waals surface area (Å²) >= 11 is 0. The summed E-state index contributed by atoms with van der Waals surface area (Å²) in [5, 5.41) is 9.84. The highest BCUT2D eigenvalue weighted by Gasteiger charge is 2.31. The Morgan fingerprint density at radius 2 is 1.77 bits per heavy atom. The lowest BCUT2D eigenvalue weighted by atomic mass is 10.0. The van der Waals surface area contributed by atoms with Crippen molar-refractivity contribution in [3.63, 3.8) is 0 Å². The van der Waals surface area contributed by atoms with Crippen LogP contribution in [0.2, 0.25) is 0 Å². The van der Waals surface area contributed by atoms with Gasteiger partial charge in [-0.15, -0.1) is 13.2 Å². The van der Waals surface area contributed by atoms with Gasteiger partial charge in [0.05, 0.1) is 4.90 Å². The second-order valence-corrected chi connectivity index (χ2v) is 6.54. The zero-order valence-electron chi connectivity index (χ0n) is 11.3. The molecule has 0 fully saturated rings. The van der Waals surface area contributed by atoms with Gasteiger partial charge in [0.25, 0.3) is 0 Å². The van der Waals surface area contributed by atoms with Crippen molar-refractivity contribution in [3.05, 3.63) is 42.5 Å². The molecule has 22 heavy (non-hydrogen) atoms. The molecule has 2 rings (SSSR count). The number of ether oxygens (including phenoxy) is 1. The average molecular weight is 332 g/mol. The molecule has 4 nitrogen and oxygen atoms in total. The Morgan fingerprint density at radius 1 is 1.09 bits per heavy atom. The standard InChI is InChI=1S/C14H11F3O4S/c1-22(19,20)11-4-2-3-9(7-11)12-6-5-10(8-13(12)18)21-14(15,16)17/h2-8,18H,1H3. The molecule has 118 valence electrons. The molecule has 2 aromatic rings. The maximum atomic E-state index is 12.1. The van der Waals surface area contributed by atoms with Gasteiger partial charge in [0, 0.05) is 17.9 Å². The summed E-state index contributed by atoms with van der Waals surface area (Å²) in [5.41, 5.74) is 0.555. The average Bonchev–Trinajstić information content (AvgIpc) is 2.36. The number of aromatic hydroxyl groups is 1. The maximum absolute atomic E-state index is 12.1. The van der Waals surface area contributed by atoms with E-state index in [0.29, 0.717) is 5.56 Å². The first-order valence-corrected chi connectivity index (χ1v) is 7.85. The van der Waals surface area contributed by atoms with Crippen LogP contribution in [0, 0.1) is 0 Å². The number of benzene rings is 2. The van der Waals surface area contributed by atoms with E-state index in [1.165, 1.54) is 30.3 Å². The molecule has 2 aromatic carbocycles. The molecule has 0 heterocycles. The van der Waals surface area contributed by atoms with Crippen LogP contribution in [0.15, 0.2) is 47.4 Å². The normalized spacial score (nSPS) is 12.2. The molecule has 0 aliphatic heterocycles. The van der Waals surface area contributed by atoms with E-state index in [9.17, 15) is 26.7 Å². The Labute approximate surface area is 124 Å². The molecule has 0 saturated carbocycles. The van der Waals surface area contributed by atoms with Crippen molar-refractivity contribution in [1.82, 2.24) is 0 Å². The Kier molecular flexibility index (Phi) is 4.06. The Hall–Kier alpha value is -2.22. The molecular weight excluding hydrogens is 321 g/mol. The fraction of sp³-hybridized carbons (Fsp3) is 0.143. The first-order chi connectivity index (χ1) is 10.1. The van der Waals surface area contributed by atoms with E-state index in [4.69, 9.17) is 0 Å². The van der Waals surface area contributed by atoms with Crippen molar-refractivity contribution in [2.45, 2.75) is 11.3 Å². The van der Waals surface area contributed by atoms with Gasteiger partial charge in [0.1, 0.15) is 11.5 Å². The lowest BCUT2D eigenvalue weighted by Gasteiger charge is -2.11. The molecule has 0 aromatic heterocycles. The molecule has 0 spiro atoms. The van der Waals surface area contributed by atoms with Crippen LogP contribution >= 0.6 is 0 Å². The SMILES string of the molecule is CS(=O)(=O)c1cccc(-c2ccc(OC(F)(F)F)cc2O)c1. The minimum Gasteiger partial charge on any atom is -0.507 e. The van der Waals surface area contributed by atoms with Gasteiger partial charge in [-0.1, -0.05) is 12.1 Å². The molecule has 0 unspecified atom stereocenters. The third-order valence-electron chi connectivity index (χ3n) is 2.78. The molecular formula is C14H11F3O4S. The van der Waals surface area contributed by atoms with Gasteiger partial charge < -0.3 is 9.84 Å². The smallest absolute Gasteiger partial charge is 0.507 e. The van der Waals surface area contributed by atoms with Gasteiger partial charge in [-0.25, -0.2) is 8.42 Å². The van der Waals surface area contributed by atoms with E-state index in [2.05, 4.69) is 4.74 Å². The van der Waals surface area contributed by atoms with Crippen LogP contribution < -0.4 is 4.74 Å². The molecule has 0 bridgehead atoms. The fourth-order valence-corrected chi connectivity index (χ4v) is 2.51. The van der Waals surface area contributed by atoms with Gasteiger partial charge in [-0.2, -0.15) is 0 Å². The third kappa shape index (κ3) is 3.91. The van der Waals surface area contributed by atoms with Crippen LogP contribution in [0.3, 0.4) is 0 Å². The lowest BCUT2D eigenvalue weighted by molar-refractivity contribution is -0.274. The van der Waals surface area contributed by atoms with Gasteiger partial charge in [0.2, 0.25) is 0 Å². The predicted octanol–water partition coefficient (Wildman–Crippen LogP) is 3.36. The largest absolute Gasteiger partial charge is 0.573 e. The van der Waals surface area contributed by atoms with Crippen LogP contribution in [0.1, 0.15) is 0 Å². The summed E-state index contributed by atoms with van der Waals surface area (Å²) in [4.78, 5) is 0.0417. The Morgan fingerprint density at radius 3 is 2.32 bits per heavy atom. The van der Waals surface area contributed by atoms with Crippen LogP contribution in [0.5, 0.6) is 11.5 Å². The molecule has 0 radical (unpaired) electrons. The highest BCUT2D eigenvalue weighted by molar-refractivity contribution is 7.90. The van der Waals surface area contributed by atoms with Crippen molar-refractivity contribution < 1.29 is 31.4 Å². The monoisotopic (exact) mass is 332 g/mol. The lowest BCUT2D eigenvalue weighted by Crippen LogP contribution is -2.16. The first kappa shape index (κ1) is 16.2. The van der Waals surface area contributed by atoms with E-state index in [0.717, 1.165) is 18.4 Å². The third-order valence-corrected chi connectivity index (χ3v) is 3.89. The fourth-order valence-electron chi connectivity index (χ4n) is 1.85. The molecule has 8 heteroatoms. The van der Waals surface area contributed by atoms with Gasteiger partial charge in [-0.05, 0) is 29.8 Å². The van der Waals surface area contributed by atoms with Crippen molar-refractivity contribution >= 4 is 9.84 Å². The van der Waals surface area contributed by atoms with E-state index in [1.54, 1.807) is 0 Å². The number of hydrogen-bond acceptors (Lipinski definition) is 4. The van der Waals surface area contributed by atoms with Crippen LogP contribution in [-0.2, 0) is 9.84 Å². The molecule has 1 N–H and O–H groups in total. The summed E-state index contributed by atoms with van der Waals surface area (Å²) in [6, 6.07) is 8.80. The number of rotatable bonds is 3. The Balaban J connectivity index is 2.42. The van der Waals surface area contributed by atoms with E-state index in [1.807, 2.05) is 0 Å². The number of phenolic OH excluding ortho intramolecular Hbond substituents is 1. The summed E-state index contributed by atoms with van der Waals surface area (Å²) in [6.07, 6.45) is -3.82. The zero-order valence-corrected chi connectivity index (χ0v) is 12.1. The summed E-state index contributed by atoms with van der Waals surface area (Å²) in [6.45, 7) is 0. The highest BCUT2D eigenvalue weighted by atomic mass is 32.2. The summed E-state index contributed by atoms with van der Waals surface area (Å²) in [7, 11) is -3.43. The number of sulfone groups is 1. The van der Waals surface area contributed by atoms with Crippen LogP contribution in [0.4, 0.5) is 13.2 Å². The second kappa shape index (κ2) is 5.53. The number of phenols is 1. The van der Waals surface area contributed by atoms with Crippen molar-refractivity contribution in [2.24, 2.45) is 0 Å². The minimum absolute atomic E-state index is 0.0417. The molecule has 0 saturated heterocycles. The van der Waals surface area contributed by atoms with E-state index < -0.39 is 27.7 Å². The van der Waals surface area contributed by atoms with Crippen molar-refractivity contribution in [1.29, 1.82) is 0 Å². The highest BCUT2D eigenvalue weighted by Crippen LogP contribution is 2.35. The second-order valence-electron chi connectivity index (χ2n) is 4.53. The van der Waals surface area contributed by atoms with Crippen molar-refractivity contribution in [3.8, 4) is 22.6 Å². The Bertz CT molecular complexity index is 798. The minimum atomic E-state index is -4.86. The number of alkyl halides is 3.